The molecule has 8 bridgehead atoms. The Morgan fingerprint density at radius 3 is 2.10 bits per heavy atom. The lowest BCUT2D eigenvalue weighted by molar-refractivity contribution is -0.137. The van der Waals surface area contributed by atoms with E-state index in [0.717, 1.165) is 25.7 Å². The van der Waals surface area contributed by atoms with Crippen molar-refractivity contribution in [2.45, 2.75) is 141 Å². The van der Waals surface area contributed by atoms with Crippen LogP contribution in [0.2, 0.25) is 0 Å². The molecule has 1 saturated carbocycles. The Morgan fingerprint density at radius 1 is 0.810 bits per heavy atom. The maximum absolute atomic E-state index is 13.8. The zero-order valence-electron chi connectivity index (χ0n) is 26.7. The van der Waals surface area contributed by atoms with E-state index >= 15 is 0 Å². The number of nitrogens with one attached hydrogen (secondary N) is 4. The van der Waals surface area contributed by atoms with E-state index in [2.05, 4.69) is 68.5 Å². The summed E-state index contributed by atoms with van der Waals surface area (Å²) in [6.45, 7) is 16.1. The van der Waals surface area contributed by atoms with Crippen LogP contribution in [0.5, 0.6) is 0 Å². The number of hydrogen-bond acceptors (Lipinski definition) is 6. The lowest BCUT2D eigenvalue weighted by Gasteiger charge is -2.32. The molecule has 0 amide bonds. The topological polar surface area (TPSA) is 102 Å². The van der Waals surface area contributed by atoms with Gasteiger partial charge in [0.05, 0.1) is 0 Å². The molecule has 0 aromatic heterocycles. The number of rotatable bonds is 7. The number of carboxylic acid groups (broad SMARTS) is 1. The molecular weight excluding hydrogens is 524 g/mol. The minimum atomic E-state index is -0.713. The molecule has 0 aromatic carbocycles. The largest absolute Gasteiger partial charge is 0.481 e. The molecule has 5 heterocycles. The van der Waals surface area contributed by atoms with Crippen molar-refractivity contribution >= 4 is 11.8 Å². The standard InChI is InChI=1S/C35H58N4O3/c1-7-10-22-18(5)26-15-28-20(8-2)17(4)25(36-28)14-27-19(6)23(11-12-32(41)42)34(38-27)24-13-31(40)33-21(9-3)29(39-35(24)33)16-30(22)37-26/h8,17-30,33-39H,2,7,9-16H2,1,3-6H3,(H,41,42)/t17?,18?,19-,20?,21?,22?,23-,24?,25?,26?,27?,28?,29?,30?,33?,34?,35?/m0/s1. The fourth-order valence-electron chi connectivity index (χ4n) is 11.5. The van der Waals surface area contributed by atoms with Crippen LogP contribution in [0.15, 0.2) is 12.7 Å². The Bertz CT molecular complexity index is 1020. The maximum Gasteiger partial charge on any atom is 0.303 e. The molecule has 0 radical (unpaired) electrons. The molecule has 1 aliphatic carbocycles. The van der Waals surface area contributed by atoms with Gasteiger partial charge in [0, 0.05) is 67.1 Å². The highest BCUT2D eigenvalue weighted by Crippen LogP contribution is 2.50. The Kier molecular flexibility index (Phi) is 8.96. The molecule has 6 rings (SSSR count). The summed E-state index contributed by atoms with van der Waals surface area (Å²) in [7, 11) is 0. The van der Waals surface area contributed by atoms with E-state index in [-0.39, 0.29) is 36.3 Å². The third-order valence-electron chi connectivity index (χ3n) is 13.7. The third-order valence-corrected chi connectivity index (χ3v) is 13.7. The van der Waals surface area contributed by atoms with Gasteiger partial charge in [-0.1, -0.05) is 53.5 Å². The number of ketones is 1. The number of carbonyl (C=O) groups is 2. The van der Waals surface area contributed by atoms with Gasteiger partial charge in [-0.3, -0.25) is 9.59 Å². The number of carbonyl (C=O) groups excluding carboxylic acids is 1. The number of aliphatic carboxylic acids is 1. The monoisotopic (exact) mass is 582 g/mol. The minimum absolute atomic E-state index is 0.0993. The average Bonchev–Trinajstić information content (AvgIpc) is 3.70. The predicted molar refractivity (Wildman–Crippen MR) is 167 cm³/mol. The van der Waals surface area contributed by atoms with E-state index in [1.165, 1.54) is 12.8 Å². The van der Waals surface area contributed by atoms with Gasteiger partial charge in [-0.15, -0.1) is 6.58 Å². The highest BCUT2D eigenvalue weighted by molar-refractivity contribution is 5.85. The second-order valence-electron chi connectivity index (χ2n) is 15.4. The smallest absolute Gasteiger partial charge is 0.303 e. The van der Waals surface area contributed by atoms with Gasteiger partial charge >= 0.3 is 5.97 Å². The van der Waals surface area contributed by atoms with Crippen molar-refractivity contribution in [3.05, 3.63) is 12.7 Å². The Morgan fingerprint density at radius 2 is 1.40 bits per heavy atom. The highest BCUT2D eigenvalue weighted by Gasteiger charge is 2.59. The van der Waals surface area contributed by atoms with Crippen molar-refractivity contribution in [3.63, 3.8) is 0 Å². The number of carboxylic acids is 1. The second kappa shape index (κ2) is 12.3. The quantitative estimate of drug-likeness (QED) is 0.284. The second-order valence-corrected chi connectivity index (χ2v) is 15.4. The van der Waals surface area contributed by atoms with Crippen molar-refractivity contribution in [2.24, 2.45) is 53.3 Å². The number of fused-ring (bicyclic) bond motifs is 8. The van der Waals surface area contributed by atoms with Crippen LogP contribution in [-0.2, 0) is 9.59 Å². The van der Waals surface area contributed by atoms with E-state index in [1.54, 1.807) is 0 Å². The molecular formula is C35H58N4O3. The summed E-state index contributed by atoms with van der Waals surface area (Å²) in [4.78, 5) is 25.5. The molecule has 15 unspecified atom stereocenters. The Labute approximate surface area is 254 Å². The first-order valence-corrected chi connectivity index (χ1v) is 17.6. The van der Waals surface area contributed by atoms with Crippen LogP contribution in [0, 0.1) is 53.3 Å². The van der Waals surface area contributed by atoms with E-state index in [1.807, 2.05) is 0 Å². The van der Waals surface area contributed by atoms with Crippen LogP contribution >= 0.6 is 0 Å². The molecule has 5 saturated heterocycles. The maximum atomic E-state index is 13.8. The lowest BCUT2D eigenvalue weighted by atomic mass is 9.76. The molecule has 236 valence electrons. The Hall–Kier alpha value is -1.28. The summed E-state index contributed by atoms with van der Waals surface area (Å²) in [5.41, 5.74) is 0. The zero-order chi connectivity index (χ0) is 29.9. The van der Waals surface area contributed by atoms with E-state index < -0.39 is 5.97 Å². The summed E-state index contributed by atoms with van der Waals surface area (Å²) in [5, 5.41) is 26.1. The summed E-state index contributed by atoms with van der Waals surface area (Å²) >= 11 is 0. The van der Waals surface area contributed by atoms with Gasteiger partial charge in [-0.2, -0.15) is 0 Å². The first-order valence-electron chi connectivity index (χ1n) is 17.6. The zero-order valence-corrected chi connectivity index (χ0v) is 26.7. The fourth-order valence-corrected chi connectivity index (χ4v) is 11.5. The number of hydrogen-bond donors (Lipinski definition) is 5. The SMILES string of the molecule is C=CC1C2CC3NC(CC4NC5C(CC(=O)C5C4CC)C4NC(CC(N2)C1C)[C@@H](C)[C@@H]4CCC(=O)O)C(CCC)C3C. The van der Waals surface area contributed by atoms with Crippen LogP contribution < -0.4 is 21.3 Å². The summed E-state index contributed by atoms with van der Waals surface area (Å²) in [5.74, 6) is 3.36. The molecule has 5 aliphatic heterocycles. The molecule has 6 aliphatic rings. The van der Waals surface area contributed by atoms with Crippen molar-refractivity contribution in [2.75, 3.05) is 0 Å². The van der Waals surface area contributed by atoms with Gasteiger partial charge in [-0.05, 0) is 79.4 Å². The summed E-state index contributed by atoms with van der Waals surface area (Å²) < 4.78 is 0. The third kappa shape index (κ3) is 5.22. The average molecular weight is 583 g/mol. The van der Waals surface area contributed by atoms with Gasteiger partial charge < -0.3 is 26.4 Å². The van der Waals surface area contributed by atoms with Crippen molar-refractivity contribution in [1.29, 1.82) is 0 Å². The summed E-state index contributed by atoms with van der Waals surface area (Å²) in [6.07, 6.45) is 10.5. The van der Waals surface area contributed by atoms with Crippen LogP contribution in [0.1, 0.15) is 92.4 Å². The lowest BCUT2D eigenvalue weighted by Crippen LogP contribution is -2.48. The van der Waals surface area contributed by atoms with Gasteiger partial charge in [0.15, 0.2) is 0 Å². The van der Waals surface area contributed by atoms with E-state index in [4.69, 9.17) is 0 Å². The van der Waals surface area contributed by atoms with Crippen LogP contribution in [0.3, 0.4) is 0 Å². The minimum Gasteiger partial charge on any atom is -0.481 e. The van der Waals surface area contributed by atoms with Crippen molar-refractivity contribution < 1.29 is 14.7 Å². The van der Waals surface area contributed by atoms with Gasteiger partial charge in [0.2, 0.25) is 0 Å². The fraction of sp³-hybridized carbons (Fsp3) is 0.886. The molecule has 0 spiro atoms. The van der Waals surface area contributed by atoms with Crippen molar-refractivity contribution in [1.82, 2.24) is 21.3 Å². The van der Waals surface area contributed by atoms with Gasteiger partial charge in [0.25, 0.3) is 0 Å². The van der Waals surface area contributed by atoms with E-state index in [0.29, 0.717) is 90.4 Å². The predicted octanol–water partition coefficient (Wildman–Crippen LogP) is 4.37. The van der Waals surface area contributed by atoms with Crippen molar-refractivity contribution in [3.8, 4) is 0 Å². The molecule has 0 aromatic rings. The molecule has 17 atom stereocenters. The van der Waals surface area contributed by atoms with Gasteiger partial charge in [0.1, 0.15) is 5.78 Å². The first-order chi connectivity index (χ1) is 20.2. The normalized spacial score (nSPS) is 51.7. The number of Topliss-reactive ketones (excluding diaryl/α,β-unsaturated/α-hetero) is 1. The Balaban J connectivity index is 1.36. The molecule has 7 heteroatoms. The highest BCUT2D eigenvalue weighted by atomic mass is 16.4. The summed E-state index contributed by atoms with van der Waals surface area (Å²) in [6, 6.07) is 2.87. The van der Waals surface area contributed by atoms with Crippen LogP contribution in [-0.4, -0.2) is 65.2 Å². The molecule has 5 N–H and O–H groups in total. The van der Waals surface area contributed by atoms with E-state index in [9.17, 15) is 14.7 Å². The molecule has 42 heavy (non-hydrogen) atoms. The molecule has 6 fully saturated rings. The van der Waals surface area contributed by atoms with Crippen LogP contribution in [0.25, 0.3) is 0 Å². The first kappa shape index (κ1) is 30.7. The molecule has 7 nitrogen and oxygen atoms in total. The van der Waals surface area contributed by atoms with Gasteiger partial charge in [-0.25, -0.2) is 0 Å². The van der Waals surface area contributed by atoms with Crippen LogP contribution in [0.4, 0.5) is 0 Å².